The minimum Gasteiger partial charge on any atom is -0.491 e. The molecule has 0 aliphatic carbocycles. The zero-order valence-corrected chi connectivity index (χ0v) is 18.6. The third-order valence-corrected chi connectivity index (χ3v) is 6.40. The molecule has 162 valence electrons. The summed E-state index contributed by atoms with van der Waals surface area (Å²) in [5.41, 5.74) is 1.47. The number of hydrogen-bond acceptors (Lipinski definition) is 4. The molecular weight excluding hydrogens is 412 g/mol. The van der Waals surface area contributed by atoms with E-state index >= 15 is 0 Å². The fourth-order valence-electron chi connectivity index (χ4n) is 3.10. The van der Waals surface area contributed by atoms with E-state index in [0.29, 0.717) is 5.69 Å². The Kier molecular flexibility index (Phi) is 6.97. The van der Waals surface area contributed by atoms with Gasteiger partial charge in [-0.3, -0.25) is 9.10 Å². The lowest BCUT2D eigenvalue weighted by atomic mass is 10.1. The van der Waals surface area contributed by atoms with Crippen LogP contribution < -0.4 is 14.4 Å². The molecule has 0 bridgehead atoms. The summed E-state index contributed by atoms with van der Waals surface area (Å²) in [6.07, 6.45) is 0.0545. The minimum atomic E-state index is -3.80. The zero-order valence-electron chi connectivity index (χ0n) is 17.8. The number of nitrogens with one attached hydrogen (secondary N) is 1. The summed E-state index contributed by atoms with van der Waals surface area (Å²) in [6.45, 7) is 4.19. The topological polar surface area (TPSA) is 75.7 Å². The van der Waals surface area contributed by atoms with E-state index in [-0.39, 0.29) is 29.0 Å². The van der Waals surface area contributed by atoms with E-state index < -0.39 is 10.0 Å². The van der Waals surface area contributed by atoms with Crippen LogP contribution >= 0.6 is 0 Å². The summed E-state index contributed by atoms with van der Waals surface area (Å²) >= 11 is 0. The van der Waals surface area contributed by atoms with Crippen molar-refractivity contribution in [1.82, 2.24) is 5.32 Å². The number of carbonyl (C=O) groups is 1. The molecule has 0 saturated carbocycles. The molecule has 0 heterocycles. The van der Waals surface area contributed by atoms with E-state index in [1.807, 2.05) is 38.1 Å². The number of benzene rings is 3. The van der Waals surface area contributed by atoms with Gasteiger partial charge >= 0.3 is 0 Å². The van der Waals surface area contributed by atoms with E-state index in [2.05, 4.69) is 5.32 Å². The van der Waals surface area contributed by atoms with Crippen molar-refractivity contribution < 1.29 is 17.9 Å². The van der Waals surface area contributed by atoms with Crippen molar-refractivity contribution in [2.75, 3.05) is 11.4 Å². The fraction of sp³-hybridized carbons (Fsp3) is 0.208. The van der Waals surface area contributed by atoms with Crippen molar-refractivity contribution >= 4 is 21.6 Å². The molecule has 0 spiro atoms. The van der Waals surface area contributed by atoms with E-state index in [0.717, 1.165) is 15.6 Å². The van der Waals surface area contributed by atoms with Gasteiger partial charge in [0, 0.05) is 13.6 Å². The summed E-state index contributed by atoms with van der Waals surface area (Å²) in [6, 6.07) is 22.3. The lowest BCUT2D eigenvalue weighted by Crippen LogP contribution is -2.30. The molecule has 3 rings (SSSR count). The molecule has 31 heavy (non-hydrogen) atoms. The molecule has 0 atom stereocenters. The number of hydrogen-bond donors (Lipinski definition) is 1. The summed E-state index contributed by atoms with van der Waals surface area (Å²) in [5, 5.41) is 2.87. The smallest absolute Gasteiger partial charge is 0.264 e. The second-order valence-corrected chi connectivity index (χ2v) is 9.27. The Bertz CT molecular complexity index is 1150. The van der Waals surface area contributed by atoms with Crippen LogP contribution in [0, 0.1) is 0 Å². The molecule has 0 radical (unpaired) electrons. The van der Waals surface area contributed by atoms with Crippen LogP contribution in [-0.2, 0) is 16.6 Å². The van der Waals surface area contributed by atoms with Crippen LogP contribution in [0.15, 0.2) is 83.8 Å². The molecule has 0 aromatic heterocycles. The Labute approximate surface area is 183 Å². The molecular formula is C24H26N2O4S. The van der Waals surface area contributed by atoms with E-state index in [1.165, 1.54) is 19.2 Å². The van der Waals surface area contributed by atoms with Gasteiger partial charge in [-0.1, -0.05) is 42.5 Å². The Balaban J connectivity index is 1.79. The number of para-hydroxylation sites is 1. The van der Waals surface area contributed by atoms with Gasteiger partial charge in [0.1, 0.15) is 5.75 Å². The Morgan fingerprint density at radius 3 is 2.35 bits per heavy atom. The van der Waals surface area contributed by atoms with E-state index in [1.54, 1.807) is 42.5 Å². The van der Waals surface area contributed by atoms with Crippen molar-refractivity contribution in [1.29, 1.82) is 0 Å². The van der Waals surface area contributed by atoms with Crippen LogP contribution in [0.3, 0.4) is 0 Å². The van der Waals surface area contributed by atoms with Gasteiger partial charge in [-0.25, -0.2) is 8.42 Å². The number of amides is 1. The maximum Gasteiger partial charge on any atom is 0.264 e. The van der Waals surface area contributed by atoms with Crippen LogP contribution in [0.25, 0.3) is 0 Å². The molecule has 1 N–H and O–H groups in total. The first-order valence-corrected chi connectivity index (χ1v) is 11.4. The molecule has 1 amide bonds. The molecule has 0 unspecified atom stereocenters. The molecule has 3 aromatic carbocycles. The predicted molar refractivity (Wildman–Crippen MR) is 122 cm³/mol. The first-order chi connectivity index (χ1) is 14.8. The second kappa shape index (κ2) is 9.66. The lowest BCUT2D eigenvalue weighted by molar-refractivity contribution is 0.0951. The van der Waals surface area contributed by atoms with E-state index in [9.17, 15) is 13.2 Å². The van der Waals surface area contributed by atoms with Gasteiger partial charge in [-0.15, -0.1) is 0 Å². The van der Waals surface area contributed by atoms with Gasteiger partial charge in [0.2, 0.25) is 0 Å². The quantitative estimate of drug-likeness (QED) is 0.571. The normalized spacial score (nSPS) is 11.2. The molecule has 0 saturated heterocycles. The van der Waals surface area contributed by atoms with Crippen molar-refractivity contribution in [3.63, 3.8) is 0 Å². The number of ether oxygens (including phenoxy) is 1. The fourth-order valence-corrected chi connectivity index (χ4v) is 4.33. The highest BCUT2D eigenvalue weighted by Gasteiger charge is 2.24. The van der Waals surface area contributed by atoms with Crippen LogP contribution in [0.5, 0.6) is 5.75 Å². The summed E-state index contributed by atoms with van der Waals surface area (Å²) in [5.74, 6) is 0.372. The first kappa shape index (κ1) is 22.4. The number of rotatable bonds is 8. The highest BCUT2D eigenvalue weighted by atomic mass is 32.2. The molecule has 7 heteroatoms. The Morgan fingerprint density at radius 2 is 1.65 bits per heavy atom. The maximum atomic E-state index is 13.0. The van der Waals surface area contributed by atoms with Crippen LogP contribution in [0.1, 0.15) is 29.8 Å². The number of nitrogens with zero attached hydrogens (tertiary/aromatic N) is 1. The number of anilines is 1. The summed E-state index contributed by atoms with van der Waals surface area (Å²) < 4.78 is 32.8. The van der Waals surface area contributed by atoms with Crippen molar-refractivity contribution in [3.05, 3.63) is 90.0 Å². The third-order valence-electron chi connectivity index (χ3n) is 4.61. The minimum absolute atomic E-state index is 0.0545. The number of carbonyl (C=O) groups excluding carboxylic acids is 1. The van der Waals surface area contributed by atoms with Crippen molar-refractivity contribution in [2.45, 2.75) is 31.4 Å². The predicted octanol–water partition coefficient (Wildman–Crippen LogP) is 4.23. The van der Waals surface area contributed by atoms with Crippen molar-refractivity contribution in [3.8, 4) is 5.75 Å². The van der Waals surface area contributed by atoms with Gasteiger partial charge in [0.25, 0.3) is 15.9 Å². The van der Waals surface area contributed by atoms with Gasteiger partial charge < -0.3 is 10.1 Å². The first-order valence-electron chi connectivity index (χ1n) is 9.96. The van der Waals surface area contributed by atoms with Gasteiger partial charge in [0.15, 0.2) is 0 Å². The lowest BCUT2D eigenvalue weighted by Gasteiger charge is -2.22. The molecule has 0 fully saturated rings. The average molecular weight is 439 g/mol. The molecule has 0 aliphatic rings. The second-order valence-electron chi connectivity index (χ2n) is 7.30. The molecule has 0 aliphatic heterocycles. The van der Waals surface area contributed by atoms with Gasteiger partial charge in [-0.2, -0.15) is 0 Å². The van der Waals surface area contributed by atoms with Crippen LogP contribution in [0.2, 0.25) is 0 Å². The largest absolute Gasteiger partial charge is 0.491 e. The average Bonchev–Trinajstić information content (AvgIpc) is 2.77. The highest BCUT2D eigenvalue weighted by Crippen LogP contribution is 2.25. The Hall–Kier alpha value is -3.32. The van der Waals surface area contributed by atoms with Crippen LogP contribution in [-0.4, -0.2) is 27.5 Å². The zero-order chi connectivity index (χ0) is 22.4. The SMILES string of the molecule is CC(C)Oc1cccc(CNC(=O)c2ccccc2N(C)S(=O)(=O)c2ccccc2)c1. The maximum absolute atomic E-state index is 13.0. The third kappa shape index (κ3) is 5.44. The van der Waals surface area contributed by atoms with Gasteiger partial charge in [-0.05, 0) is 55.8 Å². The molecule has 3 aromatic rings. The number of sulfonamides is 1. The monoisotopic (exact) mass is 438 g/mol. The standard InChI is InChI=1S/C24H26N2O4S/c1-18(2)30-20-11-9-10-19(16-20)17-25-24(27)22-14-7-8-15-23(22)26(3)31(28,29)21-12-5-4-6-13-21/h4-16,18H,17H2,1-3H3,(H,25,27). The molecule has 6 nitrogen and oxygen atoms in total. The summed E-state index contributed by atoms with van der Waals surface area (Å²) in [4.78, 5) is 13.1. The summed E-state index contributed by atoms with van der Waals surface area (Å²) in [7, 11) is -2.35. The van der Waals surface area contributed by atoms with Crippen molar-refractivity contribution in [2.24, 2.45) is 0 Å². The van der Waals surface area contributed by atoms with E-state index in [4.69, 9.17) is 4.74 Å². The van der Waals surface area contributed by atoms with Crippen LogP contribution in [0.4, 0.5) is 5.69 Å². The highest BCUT2D eigenvalue weighted by molar-refractivity contribution is 7.92. The van der Waals surface area contributed by atoms with Gasteiger partial charge in [0.05, 0.1) is 22.3 Å². The Morgan fingerprint density at radius 1 is 0.968 bits per heavy atom.